The van der Waals surface area contributed by atoms with Gasteiger partial charge in [-0.3, -0.25) is 14.6 Å². The SMILES string of the molecule is CC(CN(C)C(=O)c1cccs1)NC(=O)c1cccc2ccncc12. The van der Waals surface area contributed by atoms with E-state index in [-0.39, 0.29) is 17.9 Å². The van der Waals surface area contributed by atoms with Crippen LogP contribution in [0.1, 0.15) is 27.0 Å². The molecule has 5 nitrogen and oxygen atoms in total. The highest BCUT2D eigenvalue weighted by atomic mass is 32.1. The Kier molecular flexibility index (Phi) is 5.09. The molecule has 0 radical (unpaired) electrons. The molecule has 0 bridgehead atoms. The van der Waals surface area contributed by atoms with Gasteiger partial charge in [-0.25, -0.2) is 0 Å². The Hall–Kier alpha value is -2.73. The van der Waals surface area contributed by atoms with Gasteiger partial charge in [0.1, 0.15) is 0 Å². The number of carbonyl (C=O) groups is 2. The van der Waals surface area contributed by atoms with E-state index in [1.54, 1.807) is 36.5 Å². The molecule has 6 heteroatoms. The Bertz CT molecular complexity index is 887. The number of carbonyl (C=O) groups excluding carboxylic acids is 2. The van der Waals surface area contributed by atoms with Crippen LogP contribution in [0.5, 0.6) is 0 Å². The van der Waals surface area contributed by atoms with Crippen LogP contribution in [0, 0.1) is 0 Å². The average Bonchev–Trinajstić information content (AvgIpc) is 3.14. The molecule has 1 N–H and O–H groups in total. The van der Waals surface area contributed by atoms with Crippen molar-refractivity contribution in [2.24, 2.45) is 0 Å². The summed E-state index contributed by atoms with van der Waals surface area (Å²) in [6.45, 7) is 2.32. The second-order valence-electron chi connectivity index (χ2n) is 5.94. The van der Waals surface area contributed by atoms with E-state index in [0.717, 1.165) is 10.8 Å². The van der Waals surface area contributed by atoms with Gasteiger partial charge in [-0.05, 0) is 35.9 Å². The highest BCUT2D eigenvalue weighted by Gasteiger charge is 2.18. The lowest BCUT2D eigenvalue weighted by Crippen LogP contribution is -2.42. The number of thiophene rings is 1. The maximum atomic E-state index is 12.6. The highest BCUT2D eigenvalue weighted by molar-refractivity contribution is 7.12. The molecule has 2 amide bonds. The Morgan fingerprint density at radius 3 is 2.84 bits per heavy atom. The molecule has 0 spiro atoms. The topological polar surface area (TPSA) is 62.3 Å². The molecule has 1 unspecified atom stereocenters. The van der Waals surface area contributed by atoms with E-state index in [0.29, 0.717) is 17.0 Å². The van der Waals surface area contributed by atoms with Crippen molar-refractivity contribution in [1.82, 2.24) is 15.2 Å². The summed E-state index contributed by atoms with van der Waals surface area (Å²) in [6.07, 6.45) is 3.40. The van der Waals surface area contributed by atoms with Gasteiger partial charge in [0.15, 0.2) is 0 Å². The summed E-state index contributed by atoms with van der Waals surface area (Å²) in [5.74, 6) is -0.200. The van der Waals surface area contributed by atoms with Crippen LogP contribution >= 0.6 is 11.3 Å². The molecular weight excluding hydrogens is 334 g/mol. The van der Waals surface area contributed by atoms with Gasteiger partial charge in [0, 0.05) is 43.0 Å². The molecule has 0 fully saturated rings. The number of fused-ring (bicyclic) bond motifs is 1. The number of hydrogen-bond acceptors (Lipinski definition) is 4. The van der Waals surface area contributed by atoms with Crippen molar-refractivity contribution in [2.45, 2.75) is 13.0 Å². The Labute approximate surface area is 150 Å². The molecule has 25 heavy (non-hydrogen) atoms. The second kappa shape index (κ2) is 7.44. The quantitative estimate of drug-likeness (QED) is 0.766. The molecule has 3 aromatic rings. The van der Waals surface area contributed by atoms with Crippen LogP contribution in [0.4, 0.5) is 0 Å². The normalized spacial score (nSPS) is 11.9. The summed E-state index contributed by atoms with van der Waals surface area (Å²) >= 11 is 1.41. The van der Waals surface area contributed by atoms with Gasteiger partial charge in [-0.2, -0.15) is 0 Å². The second-order valence-corrected chi connectivity index (χ2v) is 6.89. The summed E-state index contributed by atoms with van der Waals surface area (Å²) in [7, 11) is 1.74. The van der Waals surface area contributed by atoms with E-state index >= 15 is 0 Å². The first-order valence-electron chi connectivity index (χ1n) is 7.99. The highest BCUT2D eigenvalue weighted by Crippen LogP contribution is 2.17. The molecule has 0 saturated carbocycles. The largest absolute Gasteiger partial charge is 0.348 e. The molecule has 128 valence electrons. The van der Waals surface area contributed by atoms with Gasteiger partial charge >= 0.3 is 0 Å². The van der Waals surface area contributed by atoms with Crippen LogP contribution in [0.3, 0.4) is 0 Å². The minimum Gasteiger partial charge on any atom is -0.348 e. The number of amides is 2. The molecule has 1 atom stereocenters. The number of aromatic nitrogens is 1. The molecule has 0 aliphatic heterocycles. The predicted octanol–water partition coefficient (Wildman–Crippen LogP) is 3.19. The third kappa shape index (κ3) is 3.85. The third-order valence-corrected chi connectivity index (χ3v) is 4.79. The number of hydrogen-bond donors (Lipinski definition) is 1. The molecule has 0 saturated heterocycles. The number of benzene rings is 1. The van der Waals surface area contributed by atoms with Crippen molar-refractivity contribution in [3.8, 4) is 0 Å². The monoisotopic (exact) mass is 353 g/mol. The summed E-state index contributed by atoms with van der Waals surface area (Å²) in [4.78, 5) is 31.3. The van der Waals surface area contributed by atoms with Gasteiger partial charge in [0.2, 0.25) is 0 Å². The third-order valence-electron chi connectivity index (χ3n) is 3.93. The minimum atomic E-state index is -0.173. The lowest BCUT2D eigenvalue weighted by molar-refractivity contribution is 0.0773. The zero-order valence-corrected chi connectivity index (χ0v) is 14.9. The molecule has 0 aliphatic carbocycles. The van der Waals surface area contributed by atoms with E-state index in [1.165, 1.54) is 11.3 Å². The van der Waals surface area contributed by atoms with E-state index in [9.17, 15) is 9.59 Å². The van der Waals surface area contributed by atoms with Crippen molar-refractivity contribution >= 4 is 33.9 Å². The van der Waals surface area contributed by atoms with Crippen LogP contribution in [-0.4, -0.2) is 41.3 Å². The van der Waals surface area contributed by atoms with Crippen LogP contribution in [0.2, 0.25) is 0 Å². The van der Waals surface area contributed by atoms with Gasteiger partial charge in [0.05, 0.1) is 4.88 Å². The van der Waals surface area contributed by atoms with Crippen molar-refractivity contribution in [1.29, 1.82) is 0 Å². The van der Waals surface area contributed by atoms with Crippen molar-refractivity contribution < 1.29 is 9.59 Å². The average molecular weight is 353 g/mol. The first-order chi connectivity index (χ1) is 12.1. The van der Waals surface area contributed by atoms with Gasteiger partial charge in [-0.15, -0.1) is 11.3 Å². The molecule has 2 aromatic heterocycles. The smallest absolute Gasteiger partial charge is 0.263 e. The number of nitrogens with zero attached hydrogens (tertiary/aromatic N) is 2. The summed E-state index contributed by atoms with van der Waals surface area (Å²) in [5.41, 5.74) is 0.588. The van der Waals surface area contributed by atoms with Crippen molar-refractivity contribution in [2.75, 3.05) is 13.6 Å². The molecule has 3 rings (SSSR count). The standard InChI is InChI=1S/C19H19N3O2S/c1-13(12-22(2)19(24)17-7-4-10-25-17)21-18(23)15-6-3-5-14-8-9-20-11-16(14)15/h3-11,13H,12H2,1-2H3,(H,21,23). The number of rotatable bonds is 5. The van der Waals surface area contributed by atoms with Gasteiger partial charge < -0.3 is 10.2 Å². The van der Waals surface area contributed by atoms with E-state index < -0.39 is 0 Å². The fourth-order valence-electron chi connectivity index (χ4n) is 2.74. The molecule has 1 aromatic carbocycles. The zero-order chi connectivity index (χ0) is 17.8. The lowest BCUT2D eigenvalue weighted by atomic mass is 10.1. The first kappa shape index (κ1) is 17.1. The molecular formula is C19H19N3O2S. The van der Waals surface area contributed by atoms with Gasteiger partial charge in [-0.1, -0.05) is 18.2 Å². The lowest BCUT2D eigenvalue weighted by Gasteiger charge is -2.22. The fraction of sp³-hybridized carbons (Fsp3) is 0.211. The summed E-state index contributed by atoms with van der Waals surface area (Å²) in [6, 6.07) is 10.9. The Morgan fingerprint density at radius 2 is 2.08 bits per heavy atom. The van der Waals surface area contributed by atoms with Gasteiger partial charge in [0.25, 0.3) is 11.8 Å². The zero-order valence-electron chi connectivity index (χ0n) is 14.1. The van der Waals surface area contributed by atoms with E-state index in [1.807, 2.05) is 36.6 Å². The number of likely N-dealkylation sites (N-methyl/N-ethyl adjacent to an activating group) is 1. The van der Waals surface area contributed by atoms with Crippen LogP contribution in [0.15, 0.2) is 54.2 Å². The van der Waals surface area contributed by atoms with E-state index in [2.05, 4.69) is 10.3 Å². The maximum Gasteiger partial charge on any atom is 0.263 e. The van der Waals surface area contributed by atoms with Crippen LogP contribution in [-0.2, 0) is 0 Å². The Balaban J connectivity index is 1.67. The minimum absolute atomic E-state index is 0.0366. The molecule has 0 aliphatic rings. The maximum absolute atomic E-state index is 12.6. The number of nitrogens with one attached hydrogen (secondary N) is 1. The number of pyridine rings is 1. The van der Waals surface area contributed by atoms with Crippen molar-refractivity contribution in [3.63, 3.8) is 0 Å². The van der Waals surface area contributed by atoms with Crippen molar-refractivity contribution in [3.05, 3.63) is 64.6 Å². The fourth-order valence-corrected chi connectivity index (χ4v) is 3.46. The van der Waals surface area contributed by atoms with Crippen LogP contribution < -0.4 is 5.32 Å². The Morgan fingerprint density at radius 1 is 1.24 bits per heavy atom. The predicted molar refractivity (Wildman–Crippen MR) is 100.0 cm³/mol. The first-order valence-corrected chi connectivity index (χ1v) is 8.87. The van der Waals surface area contributed by atoms with E-state index in [4.69, 9.17) is 0 Å². The summed E-state index contributed by atoms with van der Waals surface area (Å²) in [5, 5.41) is 6.63. The summed E-state index contributed by atoms with van der Waals surface area (Å²) < 4.78 is 0. The van der Waals surface area contributed by atoms with Crippen LogP contribution in [0.25, 0.3) is 10.8 Å². The molecule has 2 heterocycles.